The molecule has 2 saturated heterocycles. The van der Waals surface area contributed by atoms with Crippen molar-refractivity contribution in [2.45, 2.75) is 37.3 Å². The zero-order chi connectivity index (χ0) is 19.7. The molecular weight excluding hydrogens is 354 g/mol. The minimum Gasteiger partial charge on any atom is -0.341 e. The fourth-order valence-electron chi connectivity index (χ4n) is 4.57. The van der Waals surface area contributed by atoms with E-state index >= 15 is 0 Å². The average Bonchev–Trinajstić information content (AvgIpc) is 2.96. The molecule has 146 valence electrons. The molecule has 1 aromatic heterocycles. The average molecular weight is 379 g/mol. The lowest BCUT2D eigenvalue weighted by molar-refractivity contribution is -0.136. The van der Waals surface area contributed by atoms with Gasteiger partial charge in [-0.15, -0.1) is 0 Å². The number of carbonyl (C=O) groups excluding carboxylic acids is 2. The molecule has 4 rings (SSSR count). The van der Waals surface area contributed by atoms with Crippen molar-refractivity contribution in [1.29, 1.82) is 0 Å². The minimum atomic E-state index is -0.183. The number of likely N-dealkylation sites (N-methyl/N-ethyl adjacent to an activating group) is 1. The normalized spacial score (nSPS) is 21.3. The van der Waals surface area contributed by atoms with Gasteiger partial charge in [0.1, 0.15) is 6.54 Å². The SMILES string of the molecule is CN1C(=O)C(c2ccccc2)CC12CCN(C(=O)Cn1ccccc1=O)CC2. The first-order valence-corrected chi connectivity index (χ1v) is 9.76. The smallest absolute Gasteiger partial charge is 0.250 e. The Hall–Kier alpha value is -2.89. The molecule has 2 amide bonds. The molecule has 28 heavy (non-hydrogen) atoms. The summed E-state index contributed by atoms with van der Waals surface area (Å²) >= 11 is 0. The maximum absolute atomic E-state index is 12.9. The predicted molar refractivity (Wildman–Crippen MR) is 106 cm³/mol. The monoisotopic (exact) mass is 379 g/mol. The molecule has 2 aromatic rings. The lowest BCUT2D eigenvalue weighted by Crippen LogP contribution is -2.53. The predicted octanol–water partition coefficient (Wildman–Crippen LogP) is 1.86. The number of rotatable bonds is 3. The van der Waals surface area contributed by atoms with Crippen molar-refractivity contribution in [3.63, 3.8) is 0 Å². The van der Waals surface area contributed by atoms with Crippen LogP contribution in [0.1, 0.15) is 30.7 Å². The summed E-state index contributed by atoms with van der Waals surface area (Å²) in [6.45, 7) is 1.28. The van der Waals surface area contributed by atoms with Crippen LogP contribution in [0.3, 0.4) is 0 Å². The van der Waals surface area contributed by atoms with Crippen LogP contribution in [0.5, 0.6) is 0 Å². The third-order valence-corrected chi connectivity index (χ3v) is 6.38. The van der Waals surface area contributed by atoms with Gasteiger partial charge in [0.25, 0.3) is 5.56 Å². The molecule has 0 radical (unpaired) electrons. The first-order chi connectivity index (χ1) is 13.5. The van der Waals surface area contributed by atoms with Gasteiger partial charge in [-0.05, 0) is 30.9 Å². The van der Waals surface area contributed by atoms with Crippen LogP contribution in [-0.2, 0) is 16.1 Å². The Labute approximate surface area is 164 Å². The van der Waals surface area contributed by atoms with Gasteiger partial charge < -0.3 is 14.4 Å². The summed E-state index contributed by atoms with van der Waals surface area (Å²) < 4.78 is 1.43. The van der Waals surface area contributed by atoms with Crippen LogP contribution in [0.4, 0.5) is 0 Å². The zero-order valence-electron chi connectivity index (χ0n) is 16.1. The van der Waals surface area contributed by atoms with E-state index < -0.39 is 0 Å². The summed E-state index contributed by atoms with van der Waals surface area (Å²) in [6, 6.07) is 14.8. The van der Waals surface area contributed by atoms with Crippen molar-refractivity contribution in [2.24, 2.45) is 0 Å². The van der Waals surface area contributed by atoms with Gasteiger partial charge in [0.2, 0.25) is 11.8 Å². The fraction of sp³-hybridized carbons (Fsp3) is 0.409. The van der Waals surface area contributed by atoms with E-state index in [0.29, 0.717) is 13.1 Å². The maximum atomic E-state index is 12.9. The zero-order valence-corrected chi connectivity index (χ0v) is 16.1. The minimum absolute atomic E-state index is 0.0465. The van der Waals surface area contributed by atoms with Crippen LogP contribution in [-0.4, -0.2) is 51.9 Å². The summed E-state index contributed by atoms with van der Waals surface area (Å²) in [4.78, 5) is 41.1. The second-order valence-corrected chi connectivity index (χ2v) is 7.84. The molecule has 0 saturated carbocycles. The molecule has 1 atom stereocenters. The van der Waals surface area contributed by atoms with Gasteiger partial charge in [-0.3, -0.25) is 14.4 Å². The summed E-state index contributed by atoms with van der Waals surface area (Å²) in [7, 11) is 1.90. The molecule has 1 aromatic carbocycles. The highest BCUT2D eigenvalue weighted by atomic mass is 16.2. The number of hydrogen-bond acceptors (Lipinski definition) is 3. The summed E-state index contributed by atoms with van der Waals surface area (Å²) in [5.74, 6) is 0.0212. The number of likely N-dealkylation sites (tertiary alicyclic amines) is 2. The molecule has 1 spiro atoms. The van der Waals surface area contributed by atoms with Gasteiger partial charge in [-0.2, -0.15) is 0 Å². The Morgan fingerprint density at radius 3 is 2.39 bits per heavy atom. The summed E-state index contributed by atoms with van der Waals surface area (Å²) in [5, 5.41) is 0. The molecule has 0 bridgehead atoms. The van der Waals surface area contributed by atoms with Gasteiger partial charge in [-0.1, -0.05) is 36.4 Å². The lowest BCUT2D eigenvalue weighted by atomic mass is 9.81. The van der Waals surface area contributed by atoms with Crippen molar-refractivity contribution >= 4 is 11.8 Å². The first kappa shape index (κ1) is 18.5. The van der Waals surface area contributed by atoms with E-state index in [2.05, 4.69) is 0 Å². The number of carbonyl (C=O) groups is 2. The number of nitrogens with zero attached hydrogens (tertiary/aromatic N) is 3. The van der Waals surface area contributed by atoms with Gasteiger partial charge >= 0.3 is 0 Å². The van der Waals surface area contributed by atoms with E-state index in [0.717, 1.165) is 24.8 Å². The van der Waals surface area contributed by atoms with Gasteiger partial charge in [0.15, 0.2) is 0 Å². The quantitative estimate of drug-likeness (QED) is 0.818. The number of pyridine rings is 1. The second kappa shape index (κ2) is 7.26. The molecule has 2 aliphatic heterocycles. The van der Waals surface area contributed by atoms with E-state index in [1.807, 2.05) is 47.2 Å². The van der Waals surface area contributed by atoms with Gasteiger partial charge in [0.05, 0.1) is 5.92 Å². The number of piperidine rings is 1. The second-order valence-electron chi connectivity index (χ2n) is 7.84. The van der Waals surface area contributed by atoms with Gasteiger partial charge in [-0.25, -0.2) is 0 Å². The molecule has 0 aliphatic carbocycles. The standard InChI is InChI=1S/C22H25N3O3/c1-23-21(28)18(17-7-3-2-4-8-17)15-22(23)10-13-24(14-11-22)20(27)16-25-12-6-5-9-19(25)26/h2-9,12,18H,10-11,13-16H2,1H3. The molecule has 2 fully saturated rings. The van der Waals surface area contributed by atoms with Crippen LogP contribution in [0.15, 0.2) is 59.5 Å². The highest BCUT2D eigenvalue weighted by molar-refractivity contribution is 5.87. The highest BCUT2D eigenvalue weighted by Gasteiger charge is 2.50. The molecule has 1 unspecified atom stereocenters. The van der Waals surface area contributed by atoms with Crippen LogP contribution < -0.4 is 5.56 Å². The third-order valence-electron chi connectivity index (χ3n) is 6.38. The van der Waals surface area contributed by atoms with Gasteiger partial charge in [0, 0.05) is 37.9 Å². The Bertz CT molecular complexity index is 929. The van der Waals surface area contributed by atoms with E-state index in [1.165, 1.54) is 10.6 Å². The van der Waals surface area contributed by atoms with Crippen molar-refractivity contribution < 1.29 is 9.59 Å². The Balaban J connectivity index is 1.43. The first-order valence-electron chi connectivity index (χ1n) is 9.76. The van der Waals surface area contributed by atoms with Crippen LogP contribution in [0.2, 0.25) is 0 Å². The Kier molecular flexibility index (Phi) is 4.79. The van der Waals surface area contributed by atoms with Crippen molar-refractivity contribution in [2.75, 3.05) is 20.1 Å². The number of amides is 2. The van der Waals surface area contributed by atoms with Crippen LogP contribution in [0.25, 0.3) is 0 Å². The Morgan fingerprint density at radius 2 is 1.71 bits per heavy atom. The van der Waals surface area contributed by atoms with E-state index in [4.69, 9.17) is 0 Å². The van der Waals surface area contributed by atoms with E-state index in [-0.39, 0.29) is 35.4 Å². The van der Waals surface area contributed by atoms with E-state index in [9.17, 15) is 14.4 Å². The van der Waals surface area contributed by atoms with E-state index in [1.54, 1.807) is 18.3 Å². The largest absolute Gasteiger partial charge is 0.341 e. The fourth-order valence-corrected chi connectivity index (χ4v) is 4.57. The lowest BCUT2D eigenvalue weighted by Gasteiger charge is -2.43. The summed E-state index contributed by atoms with van der Waals surface area (Å²) in [6.07, 6.45) is 3.98. The molecular formula is C22H25N3O3. The molecule has 2 aliphatic rings. The Morgan fingerprint density at radius 1 is 1.04 bits per heavy atom. The molecule has 0 N–H and O–H groups in total. The topological polar surface area (TPSA) is 62.6 Å². The van der Waals surface area contributed by atoms with Crippen LogP contribution >= 0.6 is 0 Å². The maximum Gasteiger partial charge on any atom is 0.250 e. The highest BCUT2D eigenvalue weighted by Crippen LogP contribution is 2.44. The molecule has 6 nitrogen and oxygen atoms in total. The van der Waals surface area contributed by atoms with Crippen LogP contribution in [0, 0.1) is 0 Å². The number of hydrogen-bond donors (Lipinski definition) is 0. The molecule has 3 heterocycles. The number of aromatic nitrogens is 1. The molecule has 6 heteroatoms. The van der Waals surface area contributed by atoms with Crippen molar-refractivity contribution in [3.8, 4) is 0 Å². The van der Waals surface area contributed by atoms with Crippen molar-refractivity contribution in [3.05, 3.63) is 70.6 Å². The summed E-state index contributed by atoms with van der Waals surface area (Å²) in [5.41, 5.74) is 0.715. The number of benzene rings is 1. The van der Waals surface area contributed by atoms with Crippen molar-refractivity contribution in [1.82, 2.24) is 14.4 Å². The third kappa shape index (κ3) is 3.23.